The molecule has 158 valence electrons. The molecule has 0 aromatic heterocycles. The molecule has 2 heterocycles. The van der Waals surface area contributed by atoms with Crippen LogP contribution in [0, 0.1) is 5.92 Å². The van der Waals surface area contributed by atoms with E-state index in [2.05, 4.69) is 5.32 Å². The number of rotatable bonds is 4. The van der Waals surface area contributed by atoms with Gasteiger partial charge in [-0.3, -0.25) is 9.59 Å². The molecule has 0 unspecified atom stereocenters. The lowest BCUT2D eigenvalue weighted by atomic mass is 9.94. The Morgan fingerprint density at radius 3 is 2.60 bits per heavy atom. The normalized spacial score (nSPS) is 20.6. The zero-order chi connectivity index (χ0) is 21.3. The molecule has 2 atom stereocenters. The number of hydrogen-bond donors (Lipinski definition) is 1. The van der Waals surface area contributed by atoms with E-state index in [-0.39, 0.29) is 13.0 Å². The number of esters is 1. The molecule has 0 radical (unpaired) electrons. The van der Waals surface area contributed by atoms with Gasteiger partial charge in [-0.2, -0.15) is 13.2 Å². The number of halogens is 3. The molecular weight excluding hydrogens is 403 g/mol. The number of ether oxygens (including phenoxy) is 3. The lowest BCUT2D eigenvalue weighted by Gasteiger charge is -2.22. The molecule has 6 nitrogen and oxygen atoms in total. The van der Waals surface area contributed by atoms with Crippen molar-refractivity contribution in [3.05, 3.63) is 59.2 Å². The molecule has 0 aliphatic carbocycles. The number of hydrogen-bond acceptors (Lipinski definition) is 5. The van der Waals surface area contributed by atoms with Crippen LogP contribution in [-0.2, 0) is 27.0 Å². The number of fused-ring (bicyclic) bond motifs is 1. The second kappa shape index (κ2) is 7.89. The van der Waals surface area contributed by atoms with Crippen molar-refractivity contribution in [2.45, 2.75) is 25.2 Å². The summed E-state index contributed by atoms with van der Waals surface area (Å²) in [5, 5.41) is 2.61. The molecule has 0 spiro atoms. The molecule has 30 heavy (non-hydrogen) atoms. The highest BCUT2D eigenvalue weighted by molar-refractivity contribution is 5.87. The molecule has 1 amide bonds. The number of nitrogens with one attached hydrogen (secondary N) is 1. The zero-order valence-electron chi connectivity index (χ0n) is 15.7. The maximum absolute atomic E-state index is 12.9. The molecular formula is C21H18F3NO5. The predicted molar refractivity (Wildman–Crippen MR) is 97.7 cm³/mol. The van der Waals surface area contributed by atoms with Gasteiger partial charge in [0.05, 0.1) is 17.9 Å². The number of carbonyl (C=O) groups is 2. The first-order chi connectivity index (χ1) is 14.3. The SMILES string of the molecule is O=C1C[C@@H](C(=O)NCc2cccc(C(F)(F)F)c2)[C@H](c2ccc3c(c2)OCCO3)O1. The average Bonchev–Trinajstić information content (AvgIpc) is 3.13. The molecule has 1 fully saturated rings. The molecule has 0 saturated carbocycles. The summed E-state index contributed by atoms with van der Waals surface area (Å²) in [7, 11) is 0. The molecule has 9 heteroatoms. The van der Waals surface area contributed by atoms with Gasteiger partial charge in [-0.15, -0.1) is 0 Å². The highest BCUT2D eigenvalue weighted by atomic mass is 19.4. The third-order valence-electron chi connectivity index (χ3n) is 4.96. The molecule has 2 aliphatic heterocycles. The first-order valence-electron chi connectivity index (χ1n) is 9.34. The van der Waals surface area contributed by atoms with E-state index in [0.29, 0.717) is 35.8 Å². The van der Waals surface area contributed by atoms with Crippen LogP contribution in [0.15, 0.2) is 42.5 Å². The Morgan fingerprint density at radius 1 is 1.07 bits per heavy atom. The molecule has 2 aliphatic rings. The van der Waals surface area contributed by atoms with Crippen molar-refractivity contribution in [1.82, 2.24) is 5.32 Å². The Balaban J connectivity index is 1.47. The monoisotopic (exact) mass is 421 g/mol. The van der Waals surface area contributed by atoms with E-state index in [1.54, 1.807) is 18.2 Å². The predicted octanol–water partition coefficient (Wildman–Crippen LogP) is 3.40. The third kappa shape index (κ3) is 4.19. The van der Waals surface area contributed by atoms with E-state index in [1.807, 2.05) is 0 Å². The fourth-order valence-corrected chi connectivity index (χ4v) is 3.50. The molecule has 2 aromatic carbocycles. The fraction of sp³-hybridized carbons (Fsp3) is 0.333. The van der Waals surface area contributed by atoms with Gasteiger partial charge in [0.1, 0.15) is 19.3 Å². The highest BCUT2D eigenvalue weighted by Gasteiger charge is 2.41. The molecule has 4 rings (SSSR count). The average molecular weight is 421 g/mol. The van der Waals surface area contributed by atoms with Gasteiger partial charge >= 0.3 is 12.1 Å². The van der Waals surface area contributed by atoms with Crippen LogP contribution < -0.4 is 14.8 Å². The van der Waals surface area contributed by atoms with Gasteiger partial charge in [-0.25, -0.2) is 0 Å². The Labute approximate surface area is 169 Å². The molecule has 1 N–H and O–H groups in total. The highest BCUT2D eigenvalue weighted by Crippen LogP contribution is 2.40. The first kappa shape index (κ1) is 20.1. The Kier molecular flexibility index (Phi) is 5.27. The summed E-state index contributed by atoms with van der Waals surface area (Å²) in [6.45, 7) is 0.731. The van der Waals surface area contributed by atoms with Crippen LogP contribution in [0.5, 0.6) is 11.5 Å². The van der Waals surface area contributed by atoms with Gasteiger partial charge in [0, 0.05) is 6.54 Å². The van der Waals surface area contributed by atoms with Crippen molar-refractivity contribution in [3.63, 3.8) is 0 Å². The summed E-state index contributed by atoms with van der Waals surface area (Å²) in [4.78, 5) is 24.6. The van der Waals surface area contributed by atoms with Crippen molar-refractivity contribution in [1.29, 1.82) is 0 Å². The van der Waals surface area contributed by atoms with Gasteiger partial charge in [-0.05, 0) is 35.4 Å². The Morgan fingerprint density at radius 2 is 1.83 bits per heavy atom. The van der Waals surface area contributed by atoms with Crippen LogP contribution in [0.1, 0.15) is 29.2 Å². The van der Waals surface area contributed by atoms with Gasteiger partial charge < -0.3 is 19.5 Å². The Hall–Kier alpha value is -3.23. The van der Waals surface area contributed by atoms with Crippen LogP contribution >= 0.6 is 0 Å². The summed E-state index contributed by atoms with van der Waals surface area (Å²) in [5.41, 5.74) is 0.103. The van der Waals surface area contributed by atoms with E-state index < -0.39 is 35.6 Å². The molecule has 1 saturated heterocycles. The van der Waals surface area contributed by atoms with Gasteiger partial charge in [0.15, 0.2) is 11.5 Å². The molecule has 0 bridgehead atoms. The third-order valence-corrected chi connectivity index (χ3v) is 4.96. The smallest absolute Gasteiger partial charge is 0.416 e. The number of amides is 1. The molecule has 2 aromatic rings. The number of benzene rings is 2. The van der Waals surface area contributed by atoms with E-state index in [9.17, 15) is 22.8 Å². The van der Waals surface area contributed by atoms with Gasteiger partial charge in [-0.1, -0.05) is 18.2 Å². The topological polar surface area (TPSA) is 73.9 Å². The summed E-state index contributed by atoms with van der Waals surface area (Å²) in [6, 6.07) is 9.78. The minimum Gasteiger partial charge on any atom is -0.486 e. The summed E-state index contributed by atoms with van der Waals surface area (Å²) >= 11 is 0. The number of carbonyl (C=O) groups excluding carboxylic acids is 2. The van der Waals surface area contributed by atoms with Gasteiger partial charge in [0.25, 0.3) is 0 Å². The number of cyclic esters (lactones) is 1. The minimum absolute atomic E-state index is 0.0959. The summed E-state index contributed by atoms with van der Waals surface area (Å²) in [6.07, 6.45) is -5.39. The zero-order valence-corrected chi connectivity index (χ0v) is 15.7. The van der Waals surface area contributed by atoms with E-state index in [0.717, 1.165) is 12.1 Å². The van der Waals surface area contributed by atoms with Crippen molar-refractivity contribution in [3.8, 4) is 11.5 Å². The van der Waals surface area contributed by atoms with Gasteiger partial charge in [0.2, 0.25) is 5.91 Å². The second-order valence-electron chi connectivity index (χ2n) is 7.04. The summed E-state index contributed by atoms with van der Waals surface area (Å²) in [5.74, 6) is -0.720. The van der Waals surface area contributed by atoms with Crippen LogP contribution in [0.3, 0.4) is 0 Å². The maximum atomic E-state index is 12.9. The maximum Gasteiger partial charge on any atom is 0.416 e. The lowest BCUT2D eigenvalue weighted by Crippen LogP contribution is -2.32. The summed E-state index contributed by atoms with van der Waals surface area (Å²) < 4.78 is 54.9. The van der Waals surface area contributed by atoms with Crippen LogP contribution in [-0.4, -0.2) is 25.1 Å². The second-order valence-corrected chi connectivity index (χ2v) is 7.04. The largest absolute Gasteiger partial charge is 0.486 e. The van der Waals surface area contributed by atoms with E-state index >= 15 is 0 Å². The standard InChI is InChI=1S/C21H18F3NO5/c22-21(23,24)14-3-1-2-12(8-14)11-25-20(27)15-10-18(26)30-19(15)13-4-5-16-17(9-13)29-7-6-28-16/h1-5,8-9,15,19H,6-7,10-11H2,(H,25,27)/t15-,19+/m1/s1. The van der Waals surface area contributed by atoms with Crippen LogP contribution in [0.2, 0.25) is 0 Å². The quantitative estimate of drug-likeness (QED) is 0.767. The minimum atomic E-state index is -4.46. The van der Waals surface area contributed by atoms with E-state index in [4.69, 9.17) is 14.2 Å². The Bertz CT molecular complexity index is 975. The van der Waals surface area contributed by atoms with Crippen LogP contribution in [0.4, 0.5) is 13.2 Å². The van der Waals surface area contributed by atoms with Crippen LogP contribution in [0.25, 0.3) is 0 Å². The van der Waals surface area contributed by atoms with Crippen molar-refractivity contribution < 1.29 is 37.0 Å². The fourth-order valence-electron chi connectivity index (χ4n) is 3.50. The lowest BCUT2D eigenvalue weighted by molar-refractivity contribution is -0.142. The van der Waals surface area contributed by atoms with Crippen molar-refractivity contribution in [2.24, 2.45) is 5.92 Å². The first-order valence-corrected chi connectivity index (χ1v) is 9.34. The van der Waals surface area contributed by atoms with Crippen molar-refractivity contribution in [2.75, 3.05) is 13.2 Å². The van der Waals surface area contributed by atoms with E-state index in [1.165, 1.54) is 12.1 Å². The van der Waals surface area contributed by atoms with Crippen molar-refractivity contribution >= 4 is 11.9 Å². The number of alkyl halides is 3.